The van der Waals surface area contributed by atoms with Crippen molar-refractivity contribution in [3.05, 3.63) is 95.1 Å². The van der Waals surface area contributed by atoms with Gasteiger partial charge >= 0.3 is 0 Å². The van der Waals surface area contributed by atoms with Crippen LogP contribution in [-0.4, -0.2) is 20.9 Å². The molecule has 0 spiro atoms. The Balaban J connectivity index is 1.46. The highest BCUT2D eigenvalue weighted by molar-refractivity contribution is 7.89. The normalized spacial score (nSPS) is 16.6. The van der Waals surface area contributed by atoms with Gasteiger partial charge in [-0.3, -0.25) is 4.79 Å². The number of rotatable bonds is 6. The third kappa shape index (κ3) is 4.08. The number of fused-ring (bicyclic) bond motifs is 1. The first-order valence-electron chi connectivity index (χ1n) is 11.0. The van der Waals surface area contributed by atoms with Crippen LogP contribution in [0.4, 0.5) is 5.69 Å². The summed E-state index contributed by atoms with van der Waals surface area (Å²) >= 11 is 0. The van der Waals surface area contributed by atoms with E-state index in [1.807, 2.05) is 66.4 Å². The van der Waals surface area contributed by atoms with Crippen molar-refractivity contribution in [2.24, 2.45) is 5.92 Å². The summed E-state index contributed by atoms with van der Waals surface area (Å²) in [6.45, 7) is 2.62. The molecule has 1 aliphatic heterocycles. The number of nitrogens with zero attached hydrogens (tertiary/aromatic N) is 1. The highest BCUT2D eigenvalue weighted by Gasteiger charge is 2.37. The molecule has 1 N–H and O–H groups in total. The van der Waals surface area contributed by atoms with Gasteiger partial charge in [-0.25, -0.2) is 8.42 Å². The monoisotopic (exact) mass is 446 g/mol. The lowest BCUT2D eigenvalue weighted by molar-refractivity contribution is -0.119. The van der Waals surface area contributed by atoms with Crippen LogP contribution in [0.1, 0.15) is 41.1 Å². The standard InChI is InChI=1S/C26H26N2O3S/c1-18-6-5-9-22(16-18)25(19-7-3-2-4-8-19)27-32(30,31)23-12-13-24-21(17-23)14-15-28(24)26(29)20-10-11-20/h2-9,12-13,16-17,20,25,27H,10-11,14-15H2,1H3/t25-/m1/s1. The van der Waals surface area contributed by atoms with E-state index in [-0.39, 0.29) is 16.7 Å². The number of aryl methyl sites for hydroxylation is 1. The van der Waals surface area contributed by atoms with E-state index in [2.05, 4.69) is 4.72 Å². The SMILES string of the molecule is Cc1cccc([C@H](NS(=O)(=O)c2ccc3c(c2)CCN3C(=O)C2CC2)c2ccccc2)c1. The fourth-order valence-corrected chi connectivity index (χ4v) is 5.63. The summed E-state index contributed by atoms with van der Waals surface area (Å²) in [6, 6.07) is 22.1. The minimum Gasteiger partial charge on any atom is -0.312 e. The second-order valence-electron chi connectivity index (χ2n) is 8.68. The fraction of sp³-hybridized carbons (Fsp3) is 0.269. The quantitative estimate of drug-likeness (QED) is 0.612. The molecule has 3 aromatic rings. The lowest BCUT2D eigenvalue weighted by Crippen LogP contribution is -2.30. The Morgan fingerprint density at radius 2 is 1.72 bits per heavy atom. The Morgan fingerprint density at radius 3 is 2.44 bits per heavy atom. The van der Waals surface area contributed by atoms with Gasteiger partial charge in [0.25, 0.3) is 0 Å². The highest BCUT2D eigenvalue weighted by atomic mass is 32.2. The van der Waals surface area contributed by atoms with E-state index in [1.165, 1.54) is 0 Å². The maximum Gasteiger partial charge on any atom is 0.241 e. The zero-order valence-electron chi connectivity index (χ0n) is 18.0. The number of carbonyl (C=O) groups excluding carboxylic acids is 1. The molecule has 1 heterocycles. The van der Waals surface area contributed by atoms with Crippen LogP contribution < -0.4 is 9.62 Å². The molecule has 6 heteroatoms. The van der Waals surface area contributed by atoms with Crippen LogP contribution >= 0.6 is 0 Å². The average Bonchev–Trinajstić information content (AvgIpc) is 3.56. The first kappa shape index (κ1) is 20.9. The van der Waals surface area contributed by atoms with Crippen molar-refractivity contribution in [3.8, 4) is 0 Å². The van der Waals surface area contributed by atoms with Crippen molar-refractivity contribution in [2.45, 2.75) is 37.1 Å². The summed E-state index contributed by atoms with van der Waals surface area (Å²) in [4.78, 5) is 14.6. The number of hydrogen-bond acceptors (Lipinski definition) is 3. The van der Waals surface area contributed by atoms with Crippen LogP contribution in [0.25, 0.3) is 0 Å². The first-order valence-corrected chi connectivity index (χ1v) is 12.5. The second kappa shape index (κ2) is 8.19. The number of benzene rings is 3. The molecule has 5 rings (SSSR count). The van der Waals surface area contributed by atoms with Gasteiger partial charge in [0.15, 0.2) is 0 Å². The molecule has 0 bridgehead atoms. The lowest BCUT2D eigenvalue weighted by atomic mass is 9.98. The van der Waals surface area contributed by atoms with Gasteiger partial charge in [-0.15, -0.1) is 0 Å². The van der Waals surface area contributed by atoms with Crippen LogP contribution in [0, 0.1) is 12.8 Å². The van der Waals surface area contributed by atoms with Crippen LogP contribution in [0.5, 0.6) is 0 Å². The Hall–Kier alpha value is -2.96. The van der Waals surface area contributed by atoms with Gasteiger partial charge in [-0.2, -0.15) is 4.72 Å². The molecule has 0 unspecified atom stereocenters. The smallest absolute Gasteiger partial charge is 0.241 e. The zero-order valence-corrected chi connectivity index (χ0v) is 18.8. The molecule has 2 aliphatic rings. The van der Waals surface area contributed by atoms with E-state index < -0.39 is 16.1 Å². The molecular formula is C26H26N2O3S. The molecule has 0 aromatic heterocycles. The highest BCUT2D eigenvalue weighted by Crippen LogP contribution is 2.37. The van der Waals surface area contributed by atoms with Crippen LogP contribution in [-0.2, 0) is 21.2 Å². The second-order valence-corrected chi connectivity index (χ2v) is 10.4. The summed E-state index contributed by atoms with van der Waals surface area (Å²) in [5.74, 6) is 0.313. The topological polar surface area (TPSA) is 66.5 Å². The average molecular weight is 447 g/mol. The molecule has 0 radical (unpaired) electrons. The maximum atomic E-state index is 13.4. The van der Waals surface area contributed by atoms with Crippen molar-refractivity contribution >= 4 is 21.6 Å². The summed E-state index contributed by atoms with van der Waals surface area (Å²) in [7, 11) is -3.79. The van der Waals surface area contributed by atoms with Crippen molar-refractivity contribution < 1.29 is 13.2 Å². The summed E-state index contributed by atoms with van der Waals surface area (Å²) in [6.07, 6.45) is 2.60. The Labute approximate surface area is 189 Å². The van der Waals surface area contributed by atoms with E-state index in [1.54, 1.807) is 18.2 Å². The van der Waals surface area contributed by atoms with Crippen molar-refractivity contribution in [1.82, 2.24) is 4.72 Å². The summed E-state index contributed by atoms with van der Waals surface area (Å²) in [5, 5.41) is 0. The van der Waals surface area contributed by atoms with Gasteiger partial charge in [0.2, 0.25) is 15.9 Å². The Morgan fingerprint density at radius 1 is 0.969 bits per heavy atom. The lowest BCUT2D eigenvalue weighted by Gasteiger charge is -2.21. The molecular weight excluding hydrogens is 420 g/mol. The van der Waals surface area contributed by atoms with E-state index in [0.717, 1.165) is 40.8 Å². The van der Waals surface area contributed by atoms with E-state index in [0.29, 0.717) is 13.0 Å². The summed E-state index contributed by atoms with van der Waals surface area (Å²) in [5.41, 5.74) is 4.60. The maximum absolute atomic E-state index is 13.4. The molecule has 0 saturated heterocycles. The number of anilines is 1. The van der Waals surface area contributed by atoms with Crippen molar-refractivity contribution in [2.75, 3.05) is 11.4 Å². The molecule has 1 amide bonds. The first-order chi connectivity index (χ1) is 15.4. The van der Waals surface area contributed by atoms with Crippen LogP contribution in [0.15, 0.2) is 77.7 Å². The van der Waals surface area contributed by atoms with Crippen molar-refractivity contribution in [1.29, 1.82) is 0 Å². The largest absolute Gasteiger partial charge is 0.312 e. The van der Waals surface area contributed by atoms with Crippen LogP contribution in [0.2, 0.25) is 0 Å². The Kier molecular flexibility index (Phi) is 5.35. The number of sulfonamides is 1. The predicted octanol–water partition coefficient (Wildman–Crippen LogP) is 4.36. The van der Waals surface area contributed by atoms with Gasteiger partial charge in [0.05, 0.1) is 10.9 Å². The molecule has 32 heavy (non-hydrogen) atoms. The Bertz CT molecular complexity index is 1270. The number of nitrogens with one attached hydrogen (secondary N) is 1. The third-order valence-electron chi connectivity index (χ3n) is 6.23. The summed E-state index contributed by atoms with van der Waals surface area (Å²) < 4.78 is 29.7. The predicted molar refractivity (Wildman–Crippen MR) is 125 cm³/mol. The third-order valence-corrected chi connectivity index (χ3v) is 7.65. The van der Waals surface area contributed by atoms with Gasteiger partial charge < -0.3 is 4.90 Å². The van der Waals surface area contributed by atoms with E-state index >= 15 is 0 Å². The number of hydrogen-bond donors (Lipinski definition) is 1. The molecule has 164 valence electrons. The van der Waals surface area contributed by atoms with Crippen LogP contribution in [0.3, 0.4) is 0 Å². The molecule has 1 fully saturated rings. The van der Waals surface area contributed by atoms with Gasteiger partial charge in [-0.05, 0) is 61.1 Å². The molecule has 1 atom stereocenters. The number of amides is 1. The minimum absolute atomic E-state index is 0.145. The fourth-order valence-electron chi connectivity index (χ4n) is 4.37. The molecule has 1 aliphatic carbocycles. The van der Waals surface area contributed by atoms with E-state index in [4.69, 9.17) is 0 Å². The van der Waals surface area contributed by atoms with Crippen molar-refractivity contribution in [3.63, 3.8) is 0 Å². The zero-order chi connectivity index (χ0) is 22.3. The van der Waals surface area contributed by atoms with Gasteiger partial charge in [-0.1, -0.05) is 60.2 Å². The molecule has 5 nitrogen and oxygen atoms in total. The van der Waals surface area contributed by atoms with Gasteiger partial charge in [0.1, 0.15) is 0 Å². The van der Waals surface area contributed by atoms with E-state index in [9.17, 15) is 13.2 Å². The number of carbonyl (C=O) groups is 1. The molecule has 1 saturated carbocycles. The van der Waals surface area contributed by atoms with Gasteiger partial charge in [0, 0.05) is 18.2 Å². The molecule has 3 aromatic carbocycles. The minimum atomic E-state index is -3.79.